The van der Waals surface area contributed by atoms with Gasteiger partial charge in [-0.15, -0.1) is 12.4 Å². The lowest BCUT2D eigenvalue weighted by molar-refractivity contribution is -0.123. The number of methoxy groups -OCH3 is 1. The van der Waals surface area contributed by atoms with E-state index in [2.05, 4.69) is 19.2 Å². The number of hydrogen-bond acceptors (Lipinski definition) is 3. The van der Waals surface area contributed by atoms with Crippen molar-refractivity contribution in [2.45, 2.75) is 26.0 Å². The predicted octanol–water partition coefficient (Wildman–Crippen LogP) is 1.90. The summed E-state index contributed by atoms with van der Waals surface area (Å²) in [6.07, 6.45) is 0.0110. The molecule has 1 aromatic carbocycles. The number of carbonyl (C=O) groups excluding carboxylic acids is 1. The molecule has 0 aliphatic rings. The van der Waals surface area contributed by atoms with Crippen LogP contribution in [0.5, 0.6) is 0 Å². The van der Waals surface area contributed by atoms with Crippen LogP contribution in [-0.2, 0) is 9.53 Å². The number of ether oxygens (including phenoxy) is 1. The second-order valence-corrected chi connectivity index (χ2v) is 4.65. The summed E-state index contributed by atoms with van der Waals surface area (Å²) in [5.41, 5.74) is 6.70. The highest BCUT2D eigenvalue weighted by Crippen LogP contribution is 2.10. The summed E-state index contributed by atoms with van der Waals surface area (Å²) >= 11 is 0. The van der Waals surface area contributed by atoms with E-state index in [4.69, 9.17) is 10.5 Å². The molecule has 1 rings (SSSR count). The van der Waals surface area contributed by atoms with Crippen molar-refractivity contribution in [2.75, 3.05) is 13.7 Å². The first-order valence-electron chi connectivity index (χ1n) is 6.17. The molecule has 0 aliphatic carbocycles. The molecule has 2 atom stereocenters. The quantitative estimate of drug-likeness (QED) is 0.839. The molecule has 0 bridgehead atoms. The van der Waals surface area contributed by atoms with E-state index in [1.807, 2.05) is 30.3 Å². The zero-order chi connectivity index (χ0) is 13.5. The second-order valence-electron chi connectivity index (χ2n) is 4.65. The van der Waals surface area contributed by atoms with Crippen molar-refractivity contribution < 1.29 is 9.53 Å². The number of halogens is 1. The fourth-order valence-corrected chi connectivity index (χ4v) is 1.71. The molecule has 0 spiro atoms. The van der Waals surface area contributed by atoms with Crippen molar-refractivity contribution in [3.05, 3.63) is 35.9 Å². The van der Waals surface area contributed by atoms with E-state index < -0.39 is 6.04 Å². The number of nitrogens with two attached hydrogens (primary N) is 1. The van der Waals surface area contributed by atoms with Gasteiger partial charge in [0.25, 0.3) is 0 Å². The molecule has 0 saturated carbocycles. The van der Waals surface area contributed by atoms with E-state index in [0.29, 0.717) is 12.5 Å². The Morgan fingerprint density at radius 2 is 1.89 bits per heavy atom. The third kappa shape index (κ3) is 5.59. The van der Waals surface area contributed by atoms with E-state index in [0.717, 1.165) is 5.56 Å². The summed E-state index contributed by atoms with van der Waals surface area (Å²) in [6.45, 7) is 4.59. The van der Waals surface area contributed by atoms with Gasteiger partial charge in [-0.3, -0.25) is 4.79 Å². The maximum absolute atomic E-state index is 11.9. The molecule has 0 fully saturated rings. The van der Waals surface area contributed by atoms with Crippen molar-refractivity contribution in [1.29, 1.82) is 0 Å². The van der Waals surface area contributed by atoms with Gasteiger partial charge in [-0.1, -0.05) is 44.2 Å². The molecule has 0 aromatic heterocycles. The summed E-state index contributed by atoms with van der Waals surface area (Å²) < 4.78 is 5.29. The molecular formula is C14H23ClN2O2. The number of hydrogen-bond donors (Lipinski definition) is 2. The highest BCUT2D eigenvalue weighted by molar-refractivity contribution is 5.85. The molecule has 5 heteroatoms. The van der Waals surface area contributed by atoms with Gasteiger partial charge in [-0.2, -0.15) is 0 Å². The van der Waals surface area contributed by atoms with E-state index in [9.17, 15) is 4.79 Å². The molecule has 0 aliphatic heterocycles. The normalized spacial score (nSPS) is 13.5. The molecule has 1 aromatic rings. The van der Waals surface area contributed by atoms with Crippen LogP contribution in [0.4, 0.5) is 0 Å². The van der Waals surface area contributed by atoms with Crippen molar-refractivity contribution in [3.63, 3.8) is 0 Å². The lowest BCUT2D eigenvalue weighted by Gasteiger charge is -2.21. The second kappa shape index (κ2) is 8.91. The standard InChI is InChI=1S/C14H22N2O2.ClH/c1-10(2)12(18-3)9-16-14(17)13(15)11-7-5-4-6-8-11;/h4-8,10,12-13H,9,15H2,1-3H3,(H,16,17);1H. The van der Waals surface area contributed by atoms with E-state index in [-0.39, 0.29) is 24.4 Å². The van der Waals surface area contributed by atoms with Crippen LogP contribution >= 0.6 is 12.4 Å². The largest absolute Gasteiger partial charge is 0.379 e. The van der Waals surface area contributed by atoms with E-state index >= 15 is 0 Å². The fraction of sp³-hybridized carbons (Fsp3) is 0.500. The third-order valence-corrected chi connectivity index (χ3v) is 2.96. The monoisotopic (exact) mass is 286 g/mol. The molecule has 108 valence electrons. The van der Waals surface area contributed by atoms with E-state index in [1.54, 1.807) is 7.11 Å². The van der Waals surface area contributed by atoms with Crippen LogP contribution in [0, 0.1) is 5.92 Å². The first-order chi connectivity index (χ1) is 8.56. The molecule has 0 radical (unpaired) electrons. The fourth-order valence-electron chi connectivity index (χ4n) is 1.71. The van der Waals surface area contributed by atoms with Gasteiger partial charge in [0.2, 0.25) is 5.91 Å². The third-order valence-electron chi connectivity index (χ3n) is 2.96. The van der Waals surface area contributed by atoms with Crippen molar-refractivity contribution in [2.24, 2.45) is 11.7 Å². The zero-order valence-corrected chi connectivity index (χ0v) is 12.4. The summed E-state index contributed by atoms with van der Waals surface area (Å²) in [7, 11) is 1.65. The Labute approximate surface area is 121 Å². The first kappa shape index (κ1) is 17.9. The lowest BCUT2D eigenvalue weighted by Crippen LogP contribution is -2.40. The van der Waals surface area contributed by atoms with E-state index in [1.165, 1.54) is 0 Å². The molecule has 1 amide bonds. The molecule has 0 saturated heterocycles. The Kier molecular flexibility index (Phi) is 8.39. The van der Waals surface area contributed by atoms with Gasteiger partial charge in [0, 0.05) is 13.7 Å². The van der Waals surface area contributed by atoms with Crippen molar-refractivity contribution in [1.82, 2.24) is 5.32 Å². The average molecular weight is 287 g/mol. The van der Waals surface area contributed by atoms with Crippen LogP contribution in [-0.4, -0.2) is 25.7 Å². The van der Waals surface area contributed by atoms with Gasteiger partial charge in [0.15, 0.2) is 0 Å². The summed E-state index contributed by atoms with van der Waals surface area (Å²) in [4.78, 5) is 11.9. The maximum atomic E-state index is 11.9. The highest BCUT2D eigenvalue weighted by Gasteiger charge is 2.18. The lowest BCUT2D eigenvalue weighted by atomic mass is 10.1. The SMILES string of the molecule is COC(CNC(=O)C(N)c1ccccc1)C(C)C.Cl. The van der Waals surface area contributed by atoms with Crippen LogP contribution in [0.3, 0.4) is 0 Å². The van der Waals surface area contributed by atoms with Crippen molar-refractivity contribution >= 4 is 18.3 Å². The molecule has 2 unspecified atom stereocenters. The minimum absolute atomic E-state index is 0. The highest BCUT2D eigenvalue weighted by atomic mass is 35.5. The Balaban J connectivity index is 0.00000324. The first-order valence-corrected chi connectivity index (χ1v) is 6.17. The molecule has 0 heterocycles. The summed E-state index contributed by atoms with van der Waals surface area (Å²) in [6, 6.07) is 8.70. The number of rotatable bonds is 6. The maximum Gasteiger partial charge on any atom is 0.241 e. The number of nitrogens with one attached hydrogen (secondary N) is 1. The van der Waals surface area contributed by atoms with Gasteiger partial charge >= 0.3 is 0 Å². The number of benzene rings is 1. The van der Waals surface area contributed by atoms with Crippen LogP contribution < -0.4 is 11.1 Å². The van der Waals surface area contributed by atoms with Crippen LogP contribution in [0.1, 0.15) is 25.5 Å². The topological polar surface area (TPSA) is 64.3 Å². The van der Waals surface area contributed by atoms with Crippen LogP contribution in [0.2, 0.25) is 0 Å². The minimum Gasteiger partial charge on any atom is -0.379 e. The Morgan fingerprint density at radius 3 is 2.37 bits per heavy atom. The van der Waals surface area contributed by atoms with Gasteiger partial charge in [-0.25, -0.2) is 0 Å². The Hall–Kier alpha value is -1.10. The molecular weight excluding hydrogens is 264 g/mol. The summed E-state index contributed by atoms with van der Waals surface area (Å²) in [5.74, 6) is 0.173. The summed E-state index contributed by atoms with van der Waals surface area (Å²) in [5, 5.41) is 2.82. The Morgan fingerprint density at radius 1 is 1.32 bits per heavy atom. The predicted molar refractivity (Wildman–Crippen MR) is 79.3 cm³/mol. The van der Waals surface area contributed by atoms with Gasteiger partial charge in [0.05, 0.1) is 6.10 Å². The Bertz CT molecular complexity index is 371. The molecule has 3 N–H and O–H groups in total. The van der Waals surface area contributed by atoms with Gasteiger partial charge < -0.3 is 15.8 Å². The van der Waals surface area contributed by atoms with Crippen molar-refractivity contribution in [3.8, 4) is 0 Å². The smallest absolute Gasteiger partial charge is 0.241 e. The van der Waals surface area contributed by atoms with Gasteiger partial charge in [-0.05, 0) is 11.5 Å². The van der Waals surface area contributed by atoms with Crippen LogP contribution in [0.25, 0.3) is 0 Å². The average Bonchev–Trinajstić information content (AvgIpc) is 2.39. The minimum atomic E-state index is -0.629. The molecule has 19 heavy (non-hydrogen) atoms. The molecule has 4 nitrogen and oxygen atoms in total. The van der Waals surface area contributed by atoms with Gasteiger partial charge in [0.1, 0.15) is 6.04 Å². The number of carbonyl (C=O) groups is 1. The number of amides is 1. The zero-order valence-electron chi connectivity index (χ0n) is 11.6. The van der Waals surface area contributed by atoms with Crippen LogP contribution in [0.15, 0.2) is 30.3 Å².